The molecule has 3 rings (SSSR count). The first-order valence-electron chi connectivity index (χ1n) is 7.02. The zero-order valence-electron chi connectivity index (χ0n) is 12.7. The van der Waals surface area contributed by atoms with Gasteiger partial charge >= 0.3 is 0 Å². The molecule has 1 aromatic carbocycles. The fourth-order valence-electron chi connectivity index (χ4n) is 2.07. The number of hydrogen-bond donors (Lipinski definition) is 1. The third kappa shape index (κ3) is 3.78. The largest absolute Gasteiger partial charge is 0.451 e. The van der Waals surface area contributed by atoms with E-state index < -0.39 is 0 Å². The number of nitrogens with one attached hydrogen (secondary N) is 1. The Labute approximate surface area is 139 Å². The van der Waals surface area contributed by atoms with Gasteiger partial charge in [0.1, 0.15) is 11.6 Å². The minimum absolute atomic E-state index is 0. The fourth-order valence-corrected chi connectivity index (χ4v) is 2.07. The summed E-state index contributed by atoms with van der Waals surface area (Å²) in [6, 6.07) is 10.1. The lowest BCUT2D eigenvalue weighted by Gasteiger charge is -2.04. The highest BCUT2D eigenvalue weighted by Gasteiger charge is 2.16. The quantitative estimate of drug-likeness (QED) is 0.769. The zero-order valence-corrected chi connectivity index (χ0v) is 13.6. The molecule has 3 aromatic rings. The molecule has 5 nitrogen and oxygen atoms in total. The van der Waals surface area contributed by atoms with Gasteiger partial charge in [-0.25, -0.2) is 4.39 Å². The van der Waals surface area contributed by atoms with E-state index in [9.17, 15) is 4.39 Å². The van der Waals surface area contributed by atoms with E-state index in [1.54, 1.807) is 30.3 Å². The molecule has 0 radical (unpaired) electrons. The van der Waals surface area contributed by atoms with Crippen LogP contribution in [0.2, 0.25) is 0 Å². The van der Waals surface area contributed by atoms with E-state index in [1.165, 1.54) is 6.07 Å². The topological polar surface area (TPSA) is 64.1 Å². The Morgan fingerprint density at radius 1 is 1.17 bits per heavy atom. The molecule has 1 unspecified atom stereocenters. The van der Waals surface area contributed by atoms with Crippen LogP contribution in [-0.2, 0) is 6.42 Å². The van der Waals surface area contributed by atoms with Crippen molar-refractivity contribution in [2.24, 2.45) is 0 Å². The van der Waals surface area contributed by atoms with Crippen LogP contribution in [0.1, 0.15) is 12.7 Å². The molecule has 7 heteroatoms. The molecule has 0 aliphatic carbocycles. The first-order chi connectivity index (χ1) is 10.7. The van der Waals surface area contributed by atoms with E-state index in [2.05, 4.69) is 15.5 Å². The second-order valence-corrected chi connectivity index (χ2v) is 5.05. The van der Waals surface area contributed by atoms with Crippen molar-refractivity contribution in [2.75, 3.05) is 7.05 Å². The number of hydrogen-bond acceptors (Lipinski definition) is 5. The van der Waals surface area contributed by atoms with Gasteiger partial charge in [0.05, 0.1) is 5.56 Å². The minimum Gasteiger partial charge on any atom is -0.451 e. The van der Waals surface area contributed by atoms with Gasteiger partial charge in [-0.15, -0.1) is 12.4 Å². The summed E-state index contributed by atoms with van der Waals surface area (Å²) in [5.74, 6) is 1.41. The number of likely N-dealkylation sites (N-methyl/N-ethyl adjacent to an activating group) is 1. The van der Waals surface area contributed by atoms with Crippen LogP contribution in [0.5, 0.6) is 0 Å². The summed E-state index contributed by atoms with van der Waals surface area (Å²) in [7, 11) is 1.87. The van der Waals surface area contributed by atoms with E-state index >= 15 is 0 Å². The second kappa shape index (κ2) is 7.39. The molecule has 122 valence electrons. The first-order valence-corrected chi connectivity index (χ1v) is 7.02. The van der Waals surface area contributed by atoms with Crippen LogP contribution in [0, 0.1) is 5.82 Å². The predicted molar refractivity (Wildman–Crippen MR) is 86.9 cm³/mol. The summed E-state index contributed by atoms with van der Waals surface area (Å²) in [5.41, 5.74) is 0.400. The molecule has 1 atom stereocenters. The molecule has 2 heterocycles. The Morgan fingerprint density at radius 3 is 2.65 bits per heavy atom. The molecule has 1 N–H and O–H groups in total. The van der Waals surface area contributed by atoms with Gasteiger partial charge < -0.3 is 14.3 Å². The molecule has 0 aliphatic heterocycles. The normalized spacial score (nSPS) is 12.0. The number of nitrogens with zero attached hydrogens (tertiary/aromatic N) is 2. The molecular weight excluding hydrogens is 321 g/mol. The van der Waals surface area contributed by atoms with Gasteiger partial charge in [-0.05, 0) is 38.2 Å². The summed E-state index contributed by atoms with van der Waals surface area (Å²) in [4.78, 5) is 4.29. The highest BCUT2D eigenvalue weighted by atomic mass is 35.5. The smallest absolute Gasteiger partial charge is 0.293 e. The van der Waals surface area contributed by atoms with Gasteiger partial charge in [-0.3, -0.25) is 0 Å². The first kappa shape index (κ1) is 17.2. The molecule has 0 aliphatic rings. The third-order valence-electron chi connectivity index (χ3n) is 3.41. The van der Waals surface area contributed by atoms with Crippen molar-refractivity contribution in [3.63, 3.8) is 0 Å². The highest BCUT2D eigenvalue weighted by Crippen LogP contribution is 2.29. The number of rotatable bonds is 5. The van der Waals surface area contributed by atoms with Gasteiger partial charge in [-0.1, -0.05) is 17.3 Å². The zero-order chi connectivity index (χ0) is 15.5. The van der Waals surface area contributed by atoms with E-state index in [1.807, 2.05) is 14.0 Å². The molecule has 0 fully saturated rings. The predicted octanol–water partition coefficient (Wildman–Crippen LogP) is 3.71. The van der Waals surface area contributed by atoms with Gasteiger partial charge in [0.15, 0.2) is 11.6 Å². The number of aromatic nitrogens is 2. The van der Waals surface area contributed by atoms with Crippen LogP contribution >= 0.6 is 12.4 Å². The van der Waals surface area contributed by atoms with Crippen molar-refractivity contribution in [3.8, 4) is 23.0 Å². The van der Waals surface area contributed by atoms with Crippen LogP contribution in [0.25, 0.3) is 23.0 Å². The van der Waals surface area contributed by atoms with E-state index in [0.29, 0.717) is 35.2 Å². The van der Waals surface area contributed by atoms with Crippen molar-refractivity contribution in [1.29, 1.82) is 0 Å². The van der Waals surface area contributed by atoms with Crippen molar-refractivity contribution in [1.82, 2.24) is 15.5 Å². The van der Waals surface area contributed by atoms with Crippen molar-refractivity contribution >= 4 is 12.4 Å². The fraction of sp³-hybridized carbons (Fsp3) is 0.250. The molecule has 2 aromatic heterocycles. The van der Waals surface area contributed by atoms with E-state index in [0.717, 1.165) is 0 Å². The monoisotopic (exact) mass is 337 g/mol. The maximum atomic E-state index is 13.8. The minimum atomic E-state index is -0.336. The highest BCUT2D eigenvalue weighted by molar-refractivity contribution is 5.85. The van der Waals surface area contributed by atoms with Gasteiger partial charge in [0.2, 0.25) is 0 Å². The molecule has 23 heavy (non-hydrogen) atoms. The second-order valence-electron chi connectivity index (χ2n) is 5.05. The standard InChI is InChI=1S/C16H16FN3O2.ClH/c1-10(18-2)9-15-19-16(22-20-15)14-8-7-13(21-14)11-5-3-4-6-12(11)17;/h3-8,10,18H,9H2,1-2H3;1H. The lowest BCUT2D eigenvalue weighted by Crippen LogP contribution is -2.24. The summed E-state index contributed by atoms with van der Waals surface area (Å²) >= 11 is 0. The average molecular weight is 338 g/mol. The maximum Gasteiger partial charge on any atom is 0.293 e. The SMILES string of the molecule is CNC(C)Cc1noc(-c2ccc(-c3ccccc3F)o2)n1.Cl. The lowest BCUT2D eigenvalue weighted by atomic mass is 10.1. The lowest BCUT2D eigenvalue weighted by molar-refractivity contribution is 0.406. The number of halogens is 2. The summed E-state index contributed by atoms with van der Waals surface area (Å²) in [5, 5.41) is 7.03. The third-order valence-corrected chi connectivity index (χ3v) is 3.41. The number of furan rings is 1. The molecule has 0 bridgehead atoms. The summed E-state index contributed by atoms with van der Waals surface area (Å²) in [6.45, 7) is 2.03. The van der Waals surface area contributed by atoms with Gasteiger partial charge in [0, 0.05) is 12.5 Å². The van der Waals surface area contributed by atoms with E-state index in [4.69, 9.17) is 8.94 Å². The van der Waals surface area contributed by atoms with Crippen LogP contribution in [0.4, 0.5) is 4.39 Å². The Hall–Kier alpha value is -2.18. The Balaban J connectivity index is 0.00000192. The van der Waals surface area contributed by atoms with Crippen LogP contribution in [-0.4, -0.2) is 23.2 Å². The van der Waals surface area contributed by atoms with Crippen molar-refractivity contribution in [3.05, 3.63) is 48.0 Å². The van der Waals surface area contributed by atoms with Crippen molar-refractivity contribution in [2.45, 2.75) is 19.4 Å². The molecule has 0 spiro atoms. The van der Waals surface area contributed by atoms with Crippen LogP contribution in [0.15, 0.2) is 45.3 Å². The maximum absolute atomic E-state index is 13.8. The van der Waals surface area contributed by atoms with Crippen LogP contribution < -0.4 is 5.32 Å². The van der Waals surface area contributed by atoms with Crippen LogP contribution in [0.3, 0.4) is 0 Å². The Morgan fingerprint density at radius 2 is 1.91 bits per heavy atom. The molecule has 0 amide bonds. The van der Waals surface area contributed by atoms with Crippen molar-refractivity contribution < 1.29 is 13.3 Å². The summed E-state index contributed by atoms with van der Waals surface area (Å²) in [6.07, 6.45) is 0.654. The molecule has 0 saturated heterocycles. The Kier molecular flexibility index (Phi) is 5.52. The van der Waals surface area contributed by atoms with E-state index in [-0.39, 0.29) is 24.3 Å². The van der Waals surface area contributed by atoms with Gasteiger partial charge in [0.25, 0.3) is 5.89 Å². The average Bonchev–Trinajstić information content (AvgIpc) is 3.16. The number of benzene rings is 1. The molecule has 0 saturated carbocycles. The summed E-state index contributed by atoms with van der Waals surface area (Å²) < 4.78 is 24.6. The van der Waals surface area contributed by atoms with Gasteiger partial charge in [-0.2, -0.15) is 4.98 Å². The Bertz CT molecular complexity index is 772. The molecular formula is C16H17ClFN3O2.